The molecule has 2 unspecified atom stereocenters. The fraction of sp³-hybridized carbons (Fsp3) is 0.364. The Bertz CT molecular complexity index is 2060. The number of hydrazine groups is 1. The van der Waals surface area contributed by atoms with Crippen LogP contribution in [0.1, 0.15) is 94.0 Å². The number of rotatable bonds is 20. The summed E-state index contributed by atoms with van der Waals surface area (Å²) in [6, 6.07) is 22.0. The quantitative estimate of drug-likeness (QED) is 0.0672. The Morgan fingerprint density at radius 1 is 0.845 bits per heavy atom. The molecule has 4 aromatic carbocycles. The molecule has 1 saturated heterocycles. The van der Waals surface area contributed by atoms with Crippen molar-refractivity contribution in [2.45, 2.75) is 101 Å². The predicted octanol–water partition coefficient (Wildman–Crippen LogP) is 12.8. The Hall–Kier alpha value is -3.93. The van der Waals surface area contributed by atoms with Crippen LogP contribution in [0, 0.1) is 6.92 Å². The number of esters is 1. The number of halogens is 4. The van der Waals surface area contributed by atoms with Crippen molar-refractivity contribution in [3.8, 4) is 5.75 Å². The highest BCUT2D eigenvalue weighted by Crippen LogP contribution is 2.41. The van der Waals surface area contributed by atoms with E-state index in [-0.39, 0.29) is 21.6 Å². The monoisotopic (exact) mass is 884 g/mol. The average Bonchev–Trinajstić information content (AvgIpc) is 3.48. The molecule has 1 heterocycles. The minimum absolute atomic E-state index is 0.160. The molecule has 1 aliphatic rings. The molecule has 308 valence electrons. The molecule has 2 N–H and O–H groups in total. The van der Waals surface area contributed by atoms with Crippen molar-refractivity contribution >= 4 is 98.8 Å². The summed E-state index contributed by atoms with van der Waals surface area (Å²) in [6.07, 6.45) is 11.2. The second kappa shape index (κ2) is 22.4. The largest absolute Gasteiger partial charge is 0.481 e. The number of aryl methyl sites for hydroxylation is 1. The van der Waals surface area contributed by atoms with E-state index in [0.717, 1.165) is 24.8 Å². The molecule has 14 heteroatoms. The first kappa shape index (κ1) is 45.2. The zero-order chi connectivity index (χ0) is 41.6. The molecular formula is C44H48Cl4N4O5S. The van der Waals surface area contributed by atoms with Gasteiger partial charge in [0.1, 0.15) is 22.5 Å². The lowest BCUT2D eigenvalue weighted by atomic mass is 10.1. The van der Waals surface area contributed by atoms with E-state index in [9.17, 15) is 14.4 Å². The summed E-state index contributed by atoms with van der Waals surface area (Å²) in [4.78, 5) is 45.6. The second-order valence-electron chi connectivity index (χ2n) is 14.0. The first-order valence-electron chi connectivity index (χ1n) is 19.6. The first-order valence-corrected chi connectivity index (χ1v) is 21.9. The van der Waals surface area contributed by atoms with Gasteiger partial charge in [-0.05, 0) is 86.5 Å². The number of thioether (sulfide) groups is 1. The lowest BCUT2D eigenvalue weighted by Crippen LogP contribution is -2.36. The van der Waals surface area contributed by atoms with Gasteiger partial charge in [0.2, 0.25) is 0 Å². The van der Waals surface area contributed by atoms with Crippen molar-refractivity contribution in [1.29, 1.82) is 0 Å². The lowest BCUT2D eigenvalue weighted by molar-refractivity contribution is -0.122. The number of hydrogen-bond donors (Lipinski definition) is 2. The SMILES string of the molecule is CCCCCCCCCCCCOC(=O)c1ccc(OC(C)C(=O)Nc2ccccc2SC2C(=O)N(c3c(Cl)cc(Cl)cc3Cl)NC2=Nc2cc(C)ccc2Cl)cc1. The van der Waals surface area contributed by atoms with Gasteiger partial charge in [0.15, 0.2) is 6.10 Å². The number of ether oxygens (including phenoxy) is 2. The molecule has 1 fully saturated rings. The number of hydrogen-bond acceptors (Lipinski definition) is 7. The zero-order valence-corrected chi connectivity index (χ0v) is 36.6. The number of amidine groups is 1. The maximum atomic E-state index is 14.1. The Labute approximate surface area is 365 Å². The summed E-state index contributed by atoms with van der Waals surface area (Å²) in [6.45, 7) is 6.15. The number of benzene rings is 4. The van der Waals surface area contributed by atoms with E-state index in [1.165, 1.54) is 73.8 Å². The van der Waals surface area contributed by atoms with Crippen LogP contribution in [0.4, 0.5) is 17.1 Å². The van der Waals surface area contributed by atoms with Gasteiger partial charge in [-0.25, -0.2) is 14.8 Å². The van der Waals surface area contributed by atoms with Gasteiger partial charge in [-0.2, -0.15) is 0 Å². The van der Waals surface area contributed by atoms with Crippen molar-refractivity contribution in [2.75, 3.05) is 16.9 Å². The fourth-order valence-electron chi connectivity index (χ4n) is 6.20. The predicted molar refractivity (Wildman–Crippen MR) is 239 cm³/mol. The van der Waals surface area contributed by atoms with Crippen LogP contribution < -0.4 is 20.5 Å². The fourth-order valence-corrected chi connectivity index (χ4v) is 8.43. The van der Waals surface area contributed by atoms with Gasteiger partial charge in [-0.15, -0.1) is 11.8 Å². The van der Waals surface area contributed by atoms with E-state index in [1.807, 2.05) is 19.1 Å². The summed E-state index contributed by atoms with van der Waals surface area (Å²) >= 11 is 26.9. The van der Waals surface area contributed by atoms with Crippen molar-refractivity contribution in [3.63, 3.8) is 0 Å². The zero-order valence-electron chi connectivity index (χ0n) is 32.8. The Kier molecular flexibility index (Phi) is 17.5. The highest BCUT2D eigenvalue weighted by atomic mass is 35.5. The molecule has 0 aromatic heterocycles. The van der Waals surface area contributed by atoms with E-state index < -0.39 is 29.1 Å². The van der Waals surface area contributed by atoms with E-state index in [2.05, 4.69) is 17.7 Å². The number of unbranched alkanes of at least 4 members (excludes halogenated alkanes) is 9. The highest BCUT2D eigenvalue weighted by molar-refractivity contribution is 8.01. The molecule has 0 bridgehead atoms. The molecule has 0 spiro atoms. The maximum absolute atomic E-state index is 14.1. The van der Waals surface area contributed by atoms with Gasteiger partial charge in [0.05, 0.1) is 38.6 Å². The summed E-state index contributed by atoms with van der Waals surface area (Å²) in [7, 11) is 0. The molecule has 5 rings (SSSR count). The van der Waals surface area contributed by atoms with Crippen LogP contribution in [0.15, 0.2) is 88.8 Å². The lowest BCUT2D eigenvalue weighted by Gasteiger charge is -2.19. The van der Waals surface area contributed by atoms with E-state index in [1.54, 1.807) is 61.5 Å². The molecule has 9 nitrogen and oxygen atoms in total. The molecule has 0 saturated carbocycles. The van der Waals surface area contributed by atoms with Crippen molar-refractivity contribution in [2.24, 2.45) is 4.99 Å². The average molecular weight is 887 g/mol. The van der Waals surface area contributed by atoms with E-state index in [4.69, 9.17) is 60.9 Å². The second-order valence-corrected chi connectivity index (χ2v) is 16.8. The van der Waals surface area contributed by atoms with Crippen LogP contribution in [0.3, 0.4) is 0 Å². The number of amides is 2. The molecule has 1 aliphatic heterocycles. The molecule has 2 atom stereocenters. The van der Waals surface area contributed by atoms with Crippen molar-refractivity contribution in [3.05, 3.63) is 110 Å². The van der Waals surface area contributed by atoms with Gasteiger partial charge in [0, 0.05) is 9.92 Å². The smallest absolute Gasteiger partial charge is 0.338 e. The van der Waals surface area contributed by atoms with E-state index >= 15 is 0 Å². The van der Waals surface area contributed by atoms with Crippen LogP contribution in [-0.4, -0.2) is 41.6 Å². The van der Waals surface area contributed by atoms with Gasteiger partial charge >= 0.3 is 5.97 Å². The first-order chi connectivity index (χ1) is 27.9. The highest BCUT2D eigenvalue weighted by Gasteiger charge is 2.41. The minimum Gasteiger partial charge on any atom is -0.481 e. The number of carbonyl (C=O) groups excluding carboxylic acids is 3. The van der Waals surface area contributed by atoms with Crippen molar-refractivity contribution in [1.82, 2.24) is 5.43 Å². The van der Waals surface area contributed by atoms with Crippen molar-refractivity contribution < 1.29 is 23.9 Å². The number of nitrogens with one attached hydrogen (secondary N) is 2. The number of nitrogens with zero attached hydrogens (tertiary/aromatic N) is 2. The Morgan fingerprint density at radius 2 is 1.48 bits per heavy atom. The molecule has 0 aliphatic carbocycles. The molecule has 58 heavy (non-hydrogen) atoms. The van der Waals surface area contributed by atoms with Gasteiger partial charge in [-0.3, -0.25) is 15.0 Å². The Balaban J connectivity index is 1.19. The van der Waals surface area contributed by atoms with Gasteiger partial charge in [-0.1, -0.05) is 129 Å². The van der Waals surface area contributed by atoms with Crippen LogP contribution in [-0.2, 0) is 14.3 Å². The normalized spacial score (nSPS) is 15.0. The molecule has 0 radical (unpaired) electrons. The number of para-hydroxylation sites is 1. The standard InChI is InChI=1S/C44H48Cl4N4O5S/c1-4-5-6-7-8-9-10-11-12-15-24-56-44(55)30-19-21-32(22-20-30)57-29(3)42(53)50-36-16-13-14-17-38(36)58-40-41(49-37-25-28(2)18-23-33(37)46)51-52(43(40)54)39-34(47)26-31(45)27-35(39)48/h13-14,16-23,25-27,29,40H,4-12,15,24H2,1-3H3,(H,49,51)(H,50,53). The minimum atomic E-state index is -0.925. The Morgan fingerprint density at radius 3 is 2.16 bits per heavy atom. The summed E-state index contributed by atoms with van der Waals surface area (Å²) < 4.78 is 11.4. The molecule has 4 aromatic rings. The summed E-state index contributed by atoms with van der Waals surface area (Å²) in [5.74, 6) is -0.549. The third kappa shape index (κ3) is 12.8. The topological polar surface area (TPSA) is 109 Å². The van der Waals surface area contributed by atoms with Gasteiger partial charge in [0.25, 0.3) is 11.8 Å². The third-order valence-corrected chi connectivity index (χ3v) is 11.7. The van der Waals surface area contributed by atoms with Crippen LogP contribution in [0.25, 0.3) is 0 Å². The van der Waals surface area contributed by atoms with Crippen LogP contribution >= 0.6 is 58.2 Å². The van der Waals surface area contributed by atoms with Crippen LogP contribution in [0.2, 0.25) is 20.1 Å². The third-order valence-electron chi connectivity index (χ3n) is 9.36. The maximum Gasteiger partial charge on any atom is 0.338 e. The summed E-state index contributed by atoms with van der Waals surface area (Å²) in [5.41, 5.74) is 5.53. The summed E-state index contributed by atoms with van der Waals surface area (Å²) in [5, 5.41) is 4.27. The number of carbonyl (C=O) groups is 3. The molecular weight excluding hydrogens is 838 g/mol. The van der Waals surface area contributed by atoms with Crippen LogP contribution in [0.5, 0.6) is 5.75 Å². The van der Waals surface area contributed by atoms with Gasteiger partial charge < -0.3 is 14.8 Å². The number of aliphatic imine (C=N–C) groups is 1. The number of anilines is 2. The molecule has 2 amide bonds. The van der Waals surface area contributed by atoms with E-state index in [0.29, 0.717) is 44.2 Å².